The highest BCUT2D eigenvalue weighted by Crippen LogP contribution is 2.27. The Balaban J connectivity index is 1.74. The van der Waals surface area contributed by atoms with Crippen LogP contribution in [0.4, 0.5) is 11.4 Å². The van der Waals surface area contributed by atoms with Crippen LogP contribution in [0.5, 0.6) is 11.5 Å². The molecule has 1 amide bonds. The first-order valence-corrected chi connectivity index (χ1v) is 12.4. The third-order valence-corrected chi connectivity index (χ3v) is 6.56. The number of benzene rings is 2. The average molecular weight is 447 g/mol. The van der Waals surface area contributed by atoms with Crippen LogP contribution in [0.2, 0.25) is 0 Å². The van der Waals surface area contributed by atoms with E-state index in [0.29, 0.717) is 23.5 Å². The maximum Gasteiger partial charge on any atom is 0.248 e. The Kier molecular flexibility index (Phi) is 7.43. The number of ether oxygens (including phenoxy) is 2. The Morgan fingerprint density at radius 3 is 2.16 bits per heavy atom. The van der Waals surface area contributed by atoms with E-state index in [9.17, 15) is 13.2 Å². The van der Waals surface area contributed by atoms with Gasteiger partial charge < -0.3 is 14.8 Å². The van der Waals surface area contributed by atoms with Gasteiger partial charge in [-0.3, -0.25) is 9.10 Å². The van der Waals surface area contributed by atoms with E-state index in [2.05, 4.69) is 5.32 Å². The van der Waals surface area contributed by atoms with Gasteiger partial charge in [0.1, 0.15) is 17.5 Å². The minimum absolute atomic E-state index is 0.262. The standard InChI is InChI=1S/C23H30N2O5S/c1-4-22(25(31(3,27)28)18-11-15-19(29-2)16-12-18)23(26)24-17-9-13-21(14-10-17)30-20-7-5-6-8-20/h9-16,20,22H,4-8H2,1-3H3,(H,24,26)/t22-/m1/s1. The van der Waals surface area contributed by atoms with Gasteiger partial charge in [-0.15, -0.1) is 0 Å². The lowest BCUT2D eigenvalue weighted by molar-refractivity contribution is -0.117. The molecule has 2 aromatic carbocycles. The van der Waals surface area contributed by atoms with E-state index in [1.807, 2.05) is 12.1 Å². The van der Waals surface area contributed by atoms with Gasteiger partial charge in [0, 0.05) is 5.69 Å². The summed E-state index contributed by atoms with van der Waals surface area (Å²) >= 11 is 0. The monoisotopic (exact) mass is 446 g/mol. The molecule has 0 unspecified atom stereocenters. The first kappa shape index (κ1) is 22.9. The molecule has 2 aromatic rings. The maximum absolute atomic E-state index is 13.0. The number of carbonyl (C=O) groups is 1. The molecule has 0 saturated heterocycles. The van der Waals surface area contributed by atoms with Crippen LogP contribution in [-0.2, 0) is 14.8 Å². The summed E-state index contributed by atoms with van der Waals surface area (Å²) in [4.78, 5) is 13.0. The highest BCUT2D eigenvalue weighted by atomic mass is 32.2. The lowest BCUT2D eigenvalue weighted by Crippen LogP contribution is -2.46. The first-order chi connectivity index (χ1) is 14.8. The van der Waals surface area contributed by atoms with Gasteiger partial charge >= 0.3 is 0 Å². The molecule has 1 aliphatic rings. The molecule has 0 spiro atoms. The SMILES string of the molecule is CC[C@H](C(=O)Nc1ccc(OC2CCCC2)cc1)N(c1ccc(OC)cc1)S(C)(=O)=O. The van der Waals surface area contributed by atoms with Gasteiger partial charge in [0.25, 0.3) is 0 Å². The van der Waals surface area contributed by atoms with Crippen molar-refractivity contribution in [1.82, 2.24) is 0 Å². The quantitative estimate of drug-likeness (QED) is 0.624. The van der Waals surface area contributed by atoms with Crippen molar-refractivity contribution >= 4 is 27.3 Å². The topological polar surface area (TPSA) is 84.9 Å². The van der Waals surface area contributed by atoms with Gasteiger partial charge in [-0.25, -0.2) is 8.42 Å². The maximum atomic E-state index is 13.0. The summed E-state index contributed by atoms with van der Waals surface area (Å²) in [6.45, 7) is 1.78. The van der Waals surface area contributed by atoms with Gasteiger partial charge in [-0.2, -0.15) is 0 Å². The predicted octanol–water partition coefficient (Wildman–Crippen LogP) is 4.20. The smallest absolute Gasteiger partial charge is 0.248 e. The molecule has 1 N–H and O–H groups in total. The number of carbonyl (C=O) groups excluding carboxylic acids is 1. The molecule has 8 heteroatoms. The fourth-order valence-corrected chi connectivity index (χ4v) is 5.04. The van der Waals surface area contributed by atoms with E-state index in [1.165, 1.54) is 20.0 Å². The van der Waals surface area contributed by atoms with Gasteiger partial charge in [0.05, 0.1) is 25.2 Å². The fourth-order valence-electron chi connectivity index (χ4n) is 3.83. The number of anilines is 2. The summed E-state index contributed by atoms with van der Waals surface area (Å²) in [5.41, 5.74) is 0.996. The lowest BCUT2D eigenvalue weighted by Gasteiger charge is -2.30. The van der Waals surface area contributed by atoms with Gasteiger partial charge in [0.2, 0.25) is 15.9 Å². The van der Waals surface area contributed by atoms with Crippen molar-refractivity contribution < 1.29 is 22.7 Å². The molecular formula is C23H30N2O5S. The number of hydrogen-bond donors (Lipinski definition) is 1. The largest absolute Gasteiger partial charge is 0.497 e. The molecule has 168 valence electrons. The summed E-state index contributed by atoms with van der Waals surface area (Å²) in [6.07, 6.45) is 6.21. The molecule has 1 atom stereocenters. The van der Waals surface area contributed by atoms with Crippen LogP contribution < -0.4 is 19.1 Å². The van der Waals surface area contributed by atoms with E-state index in [1.54, 1.807) is 43.3 Å². The Hall–Kier alpha value is -2.74. The van der Waals surface area contributed by atoms with Crippen molar-refractivity contribution in [2.75, 3.05) is 23.0 Å². The average Bonchev–Trinajstić information content (AvgIpc) is 3.25. The zero-order chi connectivity index (χ0) is 22.4. The summed E-state index contributed by atoms with van der Waals surface area (Å²) in [5, 5.41) is 2.83. The van der Waals surface area contributed by atoms with Crippen molar-refractivity contribution in [1.29, 1.82) is 0 Å². The highest BCUT2D eigenvalue weighted by Gasteiger charge is 2.31. The van der Waals surface area contributed by atoms with Gasteiger partial charge in [-0.05, 0) is 80.6 Å². The Bertz CT molecular complexity index is 968. The fraction of sp³-hybridized carbons (Fsp3) is 0.435. The van der Waals surface area contributed by atoms with Gasteiger partial charge in [-0.1, -0.05) is 6.92 Å². The van der Waals surface area contributed by atoms with Crippen LogP contribution >= 0.6 is 0 Å². The van der Waals surface area contributed by atoms with Crippen molar-refractivity contribution in [3.05, 3.63) is 48.5 Å². The van der Waals surface area contributed by atoms with Gasteiger partial charge in [0.15, 0.2) is 0 Å². The molecule has 0 radical (unpaired) electrons. The summed E-state index contributed by atoms with van der Waals surface area (Å²) in [6, 6.07) is 12.9. The van der Waals surface area contributed by atoms with Crippen molar-refractivity contribution in [2.45, 2.75) is 51.2 Å². The number of methoxy groups -OCH3 is 1. The summed E-state index contributed by atoms with van der Waals surface area (Å²) < 4.78 is 37.3. The minimum Gasteiger partial charge on any atom is -0.497 e. The minimum atomic E-state index is -3.69. The molecule has 0 aromatic heterocycles. The number of amides is 1. The van der Waals surface area contributed by atoms with Crippen LogP contribution in [0.25, 0.3) is 0 Å². The normalized spacial score (nSPS) is 15.3. The third kappa shape index (κ3) is 5.91. The van der Waals surface area contributed by atoms with E-state index >= 15 is 0 Å². The molecule has 1 aliphatic carbocycles. The van der Waals surface area contributed by atoms with Crippen molar-refractivity contribution in [3.8, 4) is 11.5 Å². The molecule has 1 fully saturated rings. The molecule has 0 bridgehead atoms. The molecule has 3 rings (SSSR count). The van der Waals surface area contributed by atoms with E-state index in [-0.39, 0.29) is 6.10 Å². The molecular weight excluding hydrogens is 416 g/mol. The third-order valence-electron chi connectivity index (χ3n) is 5.38. The van der Waals surface area contributed by atoms with E-state index < -0.39 is 22.0 Å². The molecule has 31 heavy (non-hydrogen) atoms. The Morgan fingerprint density at radius 1 is 1.06 bits per heavy atom. The Morgan fingerprint density at radius 2 is 1.65 bits per heavy atom. The second-order valence-electron chi connectivity index (χ2n) is 7.72. The van der Waals surface area contributed by atoms with Crippen LogP contribution in [0.15, 0.2) is 48.5 Å². The highest BCUT2D eigenvalue weighted by molar-refractivity contribution is 7.92. The zero-order valence-electron chi connectivity index (χ0n) is 18.2. The van der Waals surface area contributed by atoms with Crippen LogP contribution in [-0.4, -0.2) is 39.8 Å². The molecule has 0 aliphatic heterocycles. The lowest BCUT2D eigenvalue weighted by atomic mass is 10.1. The van der Waals surface area contributed by atoms with Crippen LogP contribution in [0.3, 0.4) is 0 Å². The number of sulfonamides is 1. The second-order valence-corrected chi connectivity index (χ2v) is 9.58. The number of rotatable bonds is 9. The number of hydrogen-bond acceptors (Lipinski definition) is 5. The molecule has 1 saturated carbocycles. The van der Waals surface area contributed by atoms with Crippen LogP contribution in [0, 0.1) is 0 Å². The first-order valence-electron chi connectivity index (χ1n) is 10.5. The van der Waals surface area contributed by atoms with Crippen molar-refractivity contribution in [2.24, 2.45) is 0 Å². The Labute approximate surface area is 184 Å². The van der Waals surface area contributed by atoms with E-state index in [0.717, 1.165) is 29.2 Å². The zero-order valence-corrected chi connectivity index (χ0v) is 19.0. The molecule has 0 heterocycles. The number of nitrogens with zero attached hydrogens (tertiary/aromatic N) is 1. The summed E-state index contributed by atoms with van der Waals surface area (Å²) in [5.74, 6) is 0.982. The second kappa shape index (κ2) is 10.0. The van der Waals surface area contributed by atoms with Crippen LogP contribution in [0.1, 0.15) is 39.0 Å². The number of nitrogens with one attached hydrogen (secondary N) is 1. The predicted molar refractivity (Wildman–Crippen MR) is 122 cm³/mol. The summed E-state index contributed by atoms with van der Waals surface area (Å²) in [7, 11) is -2.16. The molecule has 7 nitrogen and oxygen atoms in total. The van der Waals surface area contributed by atoms with E-state index in [4.69, 9.17) is 9.47 Å². The van der Waals surface area contributed by atoms with Crippen molar-refractivity contribution in [3.63, 3.8) is 0 Å².